The maximum absolute atomic E-state index is 4.61. The number of aromatic nitrogens is 5. The molecule has 0 saturated carbocycles. The van der Waals surface area contributed by atoms with Crippen LogP contribution in [0.15, 0.2) is 24.7 Å². The van der Waals surface area contributed by atoms with Crippen LogP contribution in [-0.2, 0) is 13.1 Å². The maximum atomic E-state index is 4.61. The van der Waals surface area contributed by atoms with Crippen molar-refractivity contribution in [2.45, 2.75) is 45.8 Å². The summed E-state index contributed by atoms with van der Waals surface area (Å²) in [5.74, 6) is 0. The van der Waals surface area contributed by atoms with Gasteiger partial charge in [0, 0.05) is 25.5 Å². The Labute approximate surface area is 113 Å². The van der Waals surface area contributed by atoms with Gasteiger partial charge in [-0.15, -0.1) is 5.10 Å². The van der Waals surface area contributed by atoms with E-state index in [1.54, 1.807) is 6.20 Å². The van der Waals surface area contributed by atoms with E-state index >= 15 is 0 Å². The molecule has 104 valence electrons. The molecule has 2 heterocycles. The predicted molar refractivity (Wildman–Crippen MR) is 73.6 cm³/mol. The van der Waals surface area contributed by atoms with Crippen molar-refractivity contribution < 1.29 is 0 Å². The molecular weight excluding hydrogens is 240 g/mol. The molecule has 19 heavy (non-hydrogen) atoms. The third kappa shape index (κ3) is 3.89. The maximum Gasteiger partial charge on any atom is 0.0762 e. The van der Waals surface area contributed by atoms with E-state index < -0.39 is 0 Å². The van der Waals surface area contributed by atoms with Gasteiger partial charge in [0.2, 0.25) is 0 Å². The summed E-state index contributed by atoms with van der Waals surface area (Å²) in [6.45, 7) is 6.88. The number of hydrogen-bond donors (Lipinski definition) is 1. The highest BCUT2D eigenvalue weighted by Gasteiger charge is 2.07. The van der Waals surface area contributed by atoms with Crippen molar-refractivity contribution in [3.63, 3.8) is 0 Å². The van der Waals surface area contributed by atoms with Crippen LogP contribution in [0.5, 0.6) is 0 Å². The molecule has 0 atom stereocenters. The summed E-state index contributed by atoms with van der Waals surface area (Å²) in [4.78, 5) is 0. The molecule has 6 nitrogen and oxygen atoms in total. The summed E-state index contributed by atoms with van der Waals surface area (Å²) in [5.41, 5.74) is 1.09. The molecule has 6 heteroatoms. The summed E-state index contributed by atoms with van der Waals surface area (Å²) < 4.78 is 3.89. The summed E-state index contributed by atoms with van der Waals surface area (Å²) in [7, 11) is 0. The lowest BCUT2D eigenvalue weighted by atomic mass is 10.2. The van der Waals surface area contributed by atoms with Gasteiger partial charge in [-0.2, -0.15) is 5.10 Å². The number of nitrogens with one attached hydrogen (secondary N) is 1. The summed E-state index contributed by atoms with van der Waals surface area (Å²) in [5, 5.41) is 15.7. The highest BCUT2D eigenvalue weighted by atomic mass is 15.4. The standard InChI is InChI=1S/C13H22N6/c1-3-13(4-2)19-8-5-12(16-19)11-14-6-9-18-10-7-15-17-18/h5,7-8,10,13-14H,3-4,6,9,11H2,1-2H3. The van der Waals surface area contributed by atoms with Gasteiger partial charge >= 0.3 is 0 Å². The molecule has 0 aliphatic heterocycles. The molecule has 0 aromatic carbocycles. The monoisotopic (exact) mass is 262 g/mol. The van der Waals surface area contributed by atoms with Crippen LogP contribution in [0.3, 0.4) is 0 Å². The van der Waals surface area contributed by atoms with Crippen LogP contribution in [0, 0.1) is 0 Å². The third-order valence-electron chi connectivity index (χ3n) is 3.28. The average molecular weight is 262 g/mol. The molecule has 2 aromatic rings. The van der Waals surface area contributed by atoms with Crippen molar-refractivity contribution in [3.8, 4) is 0 Å². The zero-order valence-corrected chi connectivity index (χ0v) is 11.7. The van der Waals surface area contributed by atoms with E-state index in [1.807, 2.05) is 10.9 Å². The summed E-state index contributed by atoms with van der Waals surface area (Å²) in [6.07, 6.45) is 7.88. The van der Waals surface area contributed by atoms with Gasteiger partial charge in [0.1, 0.15) is 0 Å². The van der Waals surface area contributed by atoms with Crippen molar-refractivity contribution >= 4 is 0 Å². The highest BCUT2D eigenvalue weighted by molar-refractivity contribution is 4.99. The minimum atomic E-state index is 0.517. The molecule has 0 aliphatic rings. The Morgan fingerprint density at radius 3 is 2.79 bits per heavy atom. The molecule has 0 spiro atoms. The van der Waals surface area contributed by atoms with Crippen molar-refractivity contribution in [3.05, 3.63) is 30.4 Å². The van der Waals surface area contributed by atoms with Crippen LogP contribution in [-0.4, -0.2) is 31.3 Å². The Balaban J connectivity index is 1.74. The quantitative estimate of drug-likeness (QED) is 0.734. The second-order valence-corrected chi connectivity index (χ2v) is 4.60. The zero-order chi connectivity index (χ0) is 13.5. The van der Waals surface area contributed by atoms with Crippen LogP contribution in [0.25, 0.3) is 0 Å². The SMILES string of the molecule is CCC(CC)n1ccc(CNCCn2ccnn2)n1. The number of rotatable bonds is 8. The molecule has 1 N–H and O–H groups in total. The first-order chi connectivity index (χ1) is 9.33. The normalized spacial score (nSPS) is 11.3. The van der Waals surface area contributed by atoms with E-state index in [2.05, 4.69) is 51.5 Å². The molecule has 0 aliphatic carbocycles. The number of nitrogens with zero attached hydrogens (tertiary/aromatic N) is 5. The van der Waals surface area contributed by atoms with Crippen LogP contribution in [0.4, 0.5) is 0 Å². The van der Waals surface area contributed by atoms with Crippen LogP contribution < -0.4 is 5.32 Å². The lowest BCUT2D eigenvalue weighted by Gasteiger charge is -2.12. The van der Waals surface area contributed by atoms with Gasteiger partial charge in [-0.1, -0.05) is 19.1 Å². The van der Waals surface area contributed by atoms with Crippen molar-refractivity contribution in [2.75, 3.05) is 6.54 Å². The van der Waals surface area contributed by atoms with E-state index in [9.17, 15) is 0 Å². The second kappa shape index (κ2) is 7.04. The molecule has 0 saturated heterocycles. The molecular formula is C13H22N6. The molecule has 0 radical (unpaired) electrons. The fourth-order valence-corrected chi connectivity index (χ4v) is 2.10. The van der Waals surface area contributed by atoms with Crippen molar-refractivity contribution in [1.29, 1.82) is 0 Å². The Morgan fingerprint density at radius 1 is 1.26 bits per heavy atom. The molecule has 0 fully saturated rings. The first-order valence-electron chi connectivity index (χ1n) is 6.92. The minimum Gasteiger partial charge on any atom is -0.309 e. The largest absolute Gasteiger partial charge is 0.309 e. The number of hydrogen-bond acceptors (Lipinski definition) is 4. The fourth-order valence-electron chi connectivity index (χ4n) is 2.10. The molecule has 2 aromatic heterocycles. The molecule has 0 amide bonds. The summed E-state index contributed by atoms with van der Waals surface area (Å²) >= 11 is 0. The lowest BCUT2D eigenvalue weighted by Crippen LogP contribution is -2.20. The third-order valence-corrected chi connectivity index (χ3v) is 3.28. The Bertz CT molecular complexity index is 457. The zero-order valence-electron chi connectivity index (χ0n) is 11.7. The summed E-state index contributed by atoms with van der Waals surface area (Å²) in [6, 6.07) is 2.60. The van der Waals surface area contributed by atoms with E-state index in [0.29, 0.717) is 6.04 Å². The highest BCUT2D eigenvalue weighted by Crippen LogP contribution is 2.14. The van der Waals surface area contributed by atoms with Crippen LogP contribution in [0.2, 0.25) is 0 Å². The van der Waals surface area contributed by atoms with Crippen LogP contribution >= 0.6 is 0 Å². The van der Waals surface area contributed by atoms with E-state index in [-0.39, 0.29) is 0 Å². The topological polar surface area (TPSA) is 60.6 Å². The minimum absolute atomic E-state index is 0.517. The van der Waals surface area contributed by atoms with E-state index in [1.165, 1.54) is 0 Å². The van der Waals surface area contributed by atoms with Gasteiger partial charge in [-0.05, 0) is 18.9 Å². The molecule has 0 bridgehead atoms. The van der Waals surface area contributed by atoms with Gasteiger partial charge in [0.05, 0.1) is 24.5 Å². The first kappa shape index (κ1) is 13.7. The Kier molecular flexibility index (Phi) is 5.09. The second-order valence-electron chi connectivity index (χ2n) is 4.60. The van der Waals surface area contributed by atoms with Gasteiger partial charge in [-0.25, -0.2) is 0 Å². The van der Waals surface area contributed by atoms with Crippen molar-refractivity contribution in [1.82, 2.24) is 30.1 Å². The molecule has 0 unspecified atom stereocenters. The Hall–Kier alpha value is -1.69. The first-order valence-corrected chi connectivity index (χ1v) is 6.92. The van der Waals surface area contributed by atoms with Gasteiger partial charge in [-0.3, -0.25) is 9.36 Å². The van der Waals surface area contributed by atoms with Gasteiger partial charge in [0.25, 0.3) is 0 Å². The van der Waals surface area contributed by atoms with Gasteiger partial charge in [0.15, 0.2) is 0 Å². The lowest BCUT2D eigenvalue weighted by molar-refractivity contribution is 0.423. The van der Waals surface area contributed by atoms with Gasteiger partial charge < -0.3 is 5.32 Å². The van der Waals surface area contributed by atoms with Crippen molar-refractivity contribution in [2.24, 2.45) is 0 Å². The molecule has 2 rings (SSSR count). The predicted octanol–water partition coefficient (Wildman–Crippen LogP) is 1.63. The van der Waals surface area contributed by atoms with E-state index in [0.717, 1.165) is 38.2 Å². The fraction of sp³-hybridized carbons (Fsp3) is 0.615. The van der Waals surface area contributed by atoms with E-state index in [4.69, 9.17) is 0 Å². The Morgan fingerprint density at radius 2 is 2.11 bits per heavy atom. The smallest absolute Gasteiger partial charge is 0.0762 e. The van der Waals surface area contributed by atoms with Crippen LogP contribution in [0.1, 0.15) is 38.4 Å². The average Bonchev–Trinajstić information content (AvgIpc) is 3.08.